The Morgan fingerprint density at radius 1 is 1.12 bits per heavy atom. The Morgan fingerprint density at radius 3 is 2.44 bits per heavy atom. The summed E-state index contributed by atoms with van der Waals surface area (Å²) in [4.78, 5) is 48.1. The van der Waals surface area contributed by atoms with Gasteiger partial charge >= 0.3 is 5.97 Å². The zero-order chi connectivity index (χ0) is 23.4. The lowest BCUT2D eigenvalue weighted by molar-refractivity contribution is -0.136. The maximum absolute atomic E-state index is 12.3. The summed E-state index contributed by atoms with van der Waals surface area (Å²) in [5.74, 6) is -1.11. The van der Waals surface area contributed by atoms with E-state index in [9.17, 15) is 19.2 Å². The highest BCUT2D eigenvalue weighted by Gasteiger charge is 2.39. The quantitative estimate of drug-likeness (QED) is 0.310. The number of alkyl halides is 1. The molecule has 0 aromatic heterocycles. The number of carbonyl (C=O) groups excluding carboxylic acids is 4. The number of carbonyl (C=O) groups is 4. The van der Waals surface area contributed by atoms with Crippen LogP contribution in [0.3, 0.4) is 0 Å². The van der Waals surface area contributed by atoms with Gasteiger partial charge in [-0.3, -0.25) is 19.7 Å². The number of hydrogen-bond acceptors (Lipinski definition) is 5. The van der Waals surface area contributed by atoms with E-state index in [0.29, 0.717) is 29.4 Å². The number of nitrogens with one attached hydrogen (secondary N) is 1. The van der Waals surface area contributed by atoms with Gasteiger partial charge in [-0.1, -0.05) is 59.9 Å². The van der Waals surface area contributed by atoms with Crippen LogP contribution in [0.2, 0.25) is 0 Å². The van der Waals surface area contributed by atoms with Gasteiger partial charge in [0, 0.05) is 32.8 Å². The number of imide groups is 1. The molecule has 168 valence electrons. The Kier molecular flexibility index (Phi) is 8.24. The molecule has 1 atom stereocenters. The SMILES string of the molecule is COC(=O)c1cccc(Br)c1CBr.O=C1CCC(N2Cc3c(Br)cccc3C2=O)C(=O)N1. The Bertz CT molecular complexity index is 1090. The number of hydrogen-bond donors (Lipinski definition) is 1. The fraction of sp³-hybridized carbons (Fsp3) is 0.273. The molecule has 7 nitrogen and oxygen atoms in total. The number of fused-ring (bicyclic) bond motifs is 1. The van der Waals surface area contributed by atoms with Crippen molar-refractivity contribution in [2.75, 3.05) is 7.11 Å². The Balaban J connectivity index is 0.000000195. The zero-order valence-electron chi connectivity index (χ0n) is 17.0. The van der Waals surface area contributed by atoms with Crippen LogP contribution in [-0.2, 0) is 26.2 Å². The average Bonchev–Trinajstić information content (AvgIpc) is 3.11. The monoisotopic (exact) mass is 628 g/mol. The van der Waals surface area contributed by atoms with Crippen LogP contribution in [0.15, 0.2) is 45.3 Å². The first-order chi connectivity index (χ1) is 15.3. The molecule has 0 bridgehead atoms. The van der Waals surface area contributed by atoms with Gasteiger partial charge < -0.3 is 9.64 Å². The second-order valence-corrected chi connectivity index (χ2v) is 9.33. The molecule has 1 saturated heterocycles. The highest BCUT2D eigenvalue weighted by atomic mass is 79.9. The van der Waals surface area contributed by atoms with Crippen molar-refractivity contribution in [2.24, 2.45) is 0 Å². The molecule has 0 spiro atoms. The summed E-state index contributed by atoms with van der Waals surface area (Å²) in [6.07, 6.45) is 0.666. The Labute approximate surface area is 210 Å². The lowest BCUT2D eigenvalue weighted by atomic mass is 10.0. The van der Waals surface area contributed by atoms with Gasteiger partial charge in [-0.15, -0.1) is 0 Å². The molecule has 0 saturated carbocycles. The van der Waals surface area contributed by atoms with Crippen LogP contribution < -0.4 is 5.32 Å². The van der Waals surface area contributed by atoms with Gasteiger partial charge in [-0.05, 0) is 41.8 Å². The molecule has 4 rings (SSSR count). The molecule has 2 heterocycles. The fourth-order valence-corrected chi connectivity index (χ4v) is 5.52. The van der Waals surface area contributed by atoms with Crippen LogP contribution in [0.25, 0.3) is 0 Å². The average molecular weight is 631 g/mol. The van der Waals surface area contributed by atoms with Crippen molar-refractivity contribution in [1.82, 2.24) is 10.2 Å². The molecule has 3 amide bonds. The molecule has 32 heavy (non-hydrogen) atoms. The van der Waals surface area contributed by atoms with Gasteiger partial charge in [-0.2, -0.15) is 0 Å². The molecule has 0 aliphatic carbocycles. The van der Waals surface area contributed by atoms with Crippen LogP contribution in [0.1, 0.15) is 44.7 Å². The van der Waals surface area contributed by atoms with Crippen molar-refractivity contribution in [3.8, 4) is 0 Å². The molecule has 2 aromatic rings. The van der Waals surface area contributed by atoms with Crippen molar-refractivity contribution in [3.05, 3.63) is 67.6 Å². The summed E-state index contributed by atoms with van der Waals surface area (Å²) in [5.41, 5.74) is 3.03. The maximum Gasteiger partial charge on any atom is 0.338 e. The van der Waals surface area contributed by atoms with E-state index >= 15 is 0 Å². The van der Waals surface area contributed by atoms with Gasteiger partial charge in [0.05, 0.1) is 12.7 Å². The molecule has 0 radical (unpaired) electrons. The lowest BCUT2D eigenvalue weighted by Gasteiger charge is -2.29. The first-order valence-corrected chi connectivity index (χ1v) is 12.3. The van der Waals surface area contributed by atoms with Crippen molar-refractivity contribution in [3.63, 3.8) is 0 Å². The van der Waals surface area contributed by atoms with Gasteiger partial charge in [0.1, 0.15) is 6.04 Å². The smallest absolute Gasteiger partial charge is 0.338 e. The number of halogens is 3. The van der Waals surface area contributed by atoms with Crippen molar-refractivity contribution in [2.45, 2.75) is 30.8 Å². The van der Waals surface area contributed by atoms with Crippen molar-refractivity contribution >= 4 is 71.5 Å². The number of methoxy groups -OCH3 is 1. The van der Waals surface area contributed by atoms with Crippen LogP contribution in [0.4, 0.5) is 0 Å². The summed E-state index contributed by atoms with van der Waals surface area (Å²) < 4.78 is 6.43. The number of amides is 3. The van der Waals surface area contributed by atoms with Gasteiger partial charge in [0.15, 0.2) is 0 Å². The molecular formula is C22H19Br3N2O5. The fourth-order valence-electron chi connectivity index (χ4n) is 3.54. The highest BCUT2D eigenvalue weighted by Crippen LogP contribution is 2.32. The van der Waals surface area contributed by atoms with E-state index in [-0.39, 0.29) is 30.1 Å². The summed E-state index contributed by atoms with van der Waals surface area (Å²) in [7, 11) is 1.38. The highest BCUT2D eigenvalue weighted by molar-refractivity contribution is 9.11. The van der Waals surface area contributed by atoms with Crippen LogP contribution >= 0.6 is 47.8 Å². The third-order valence-corrected chi connectivity index (χ3v) is 7.23. The number of nitrogens with zero attached hydrogens (tertiary/aromatic N) is 1. The minimum atomic E-state index is -0.551. The molecule has 1 fully saturated rings. The van der Waals surface area contributed by atoms with Crippen LogP contribution in [0, 0.1) is 0 Å². The van der Waals surface area contributed by atoms with Crippen molar-refractivity contribution < 1.29 is 23.9 Å². The van der Waals surface area contributed by atoms with Crippen molar-refractivity contribution in [1.29, 1.82) is 0 Å². The molecular weight excluding hydrogens is 612 g/mol. The molecule has 2 aliphatic rings. The minimum absolute atomic E-state index is 0.147. The molecule has 1 unspecified atom stereocenters. The first kappa shape index (κ1) is 24.6. The van der Waals surface area contributed by atoms with E-state index in [2.05, 4.69) is 57.8 Å². The largest absolute Gasteiger partial charge is 0.465 e. The normalized spacial score (nSPS) is 17.3. The van der Waals surface area contributed by atoms with Crippen LogP contribution in [-0.4, -0.2) is 41.7 Å². The Hall–Kier alpha value is -2.04. The van der Waals surface area contributed by atoms with E-state index in [1.165, 1.54) is 12.0 Å². The maximum atomic E-state index is 12.3. The predicted molar refractivity (Wildman–Crippen MR) is 128 cm³/mol. The van der Waals surface area contributed by atoms with E-state index in [1.54, 1.807) is 18.2 Å². The predicted octanol–water partition coefficient (Wildman–Crippen LogP) is 4.34. The molecule has 10 heteroatoms. The van der Waals surface area contributed by atoms with Crippen LogP contribution in [0.5, 0.6) is 0 Å². The molecule has 2 aliphatic heterocycles. The number of benzene rings is 2. The molecule has 2 aromatic carbocycles. The zero-order valence-corrected chi connectivity index (χ0v) is 21.8. The third-order valence-electron chi connectivity index (χ3n) is 5.18. The number of rotatable bonds is 3. The molecule has 1 N–H and O–H groups in total. The topological polar surface area (TPSA) is 92.8 Å². The van der Waals surface area contributed by atoms with E-state index in [0.717, 1.165) is 20.1 Å². The second-order valence-electron chi connectivity index (χ2n) is 7.06. The lowest BCUT2D eigenvalue weighted by Crippen LogP contribution is -2.52. The number of ether oxygens (including phenoxy) is 1. The van der Waals surface area contributed by atoms with E-state index in [4.69, 9.17) is 0 Å². The van der Waals surface area contributed by atoms with Gasteiger partial charge in [0.25, 0.3) is 5.91 Å². The summed E-state index contributed by atoms with van der Waals surface area (Å²) >= 11 is 10.1. The Morgan fingerprint density at radius 2 is 1.81 bits per heavy atom. The van der Waals surface area contributed by atoms with E-state index < -0.39 is 6.04 Å². The number of esters is 1. The van der Waals surface area contributed by atoms with Gasteiger partial charge in [-0.25, -0.2) is 4.79 Å². The van der Waals surface area contributed by atoms with E-state index in [1.807, 2.05) is 18.2 Å². The summed E-state index contributed by atoms with van der Waals surface area (Å²) in [5, 5.41) is 2.91. The third kappa shape index (κ3) is 5.13. The summed E-state index contributed by atoms with van der Waals surface area (Å²) in [6, 6.07) is 10.3. The standard InChI is InChI=1S/C13H11BrN2O3.C9H8Br2O2/c14-9-3-1-2-7-8(9)6-16(13(7)19)10-4-5-11(17)15-12(10)18;1-13-9(12)6-3-2-4-8(11)7(6)5-10/h1-3,10H,4-6H2,(H,15,17,18);2-4H,5H2,1H3. The second kappa shape index (κ2) is 10.7. The minimum Gasteiger partial charge on any atom is -0.465 e. The summed E-state index contributed by atoms with van der Waals surface area (Å²) in [6.45, 7) is 0.405. The first-order valence-electron chi connectivity index (χ1n) is 9.62. The number of piperidine rings is 1. The van der Waals surface area contributed by atoms with Gasteiger partial charge in [0.2, 0.25) is 11.8 Å².